The molecule has 0 saturated carbocycles. The topological polar surface area (TPSA) is 18.5 Å². The third-order valence-electron chi connectivity index (χ3n) is 6.10. The van der Waals surface area contributed by atoms with E-state index in [0.29, 0.717) is 5.41 Å². The van der Waals surface area contributed by atoms with Crippen molar-refractivity contribution in [3.05, 3.63) is 28.8 Å². The molecule has 0 bridgehead atoms. The van der Waals surface area contributed by atoms with Gasteiger partial charge in [0.15, 0.2) is 0 Å². The van der Waals surface area contributed by atoms with Gasteiger partial charge in [0.1, 0.15) is 0 Å². The van der Waals surface area contributed by atoms with Gasteiger partial charge >= 0.3 is 0 Å². The highest BCUT2D eigenvalue weighted by Gasteiger charge is 2.39. The van der Waals surface area contributed by atoms with Crippen LogP contribution in [0.5, 0.6) is 0 Å². The van der Waals surface area contributed by atoms with E-state index in [4.69, 9.17) is 11.6 Å². The Bertz CT molecular complexity index is 552. The lowest BCUT2D eigenvalue weighted by atomic mass is 9.78. The number of nitrogens with zero attached hydrogens (tertiary/aromatic N) is 2. The highest BCUT2D eigenvalue weighted by atomic mass is 35.5. The largest absolute Gasteiger partial charge is 0.371 e. The Morgan fingerprint density at radius 3 is 2.54 bits per heavy atom. The van der Waals surface area contributed by atoms with Crippen LogP contribution in [0.15, 0.2) is 18.2 Å². The normalized spacial score (nSPS) is 23.6. The van der Waals surface area contributed by atoms with Gasteiger partial charge in [-0.3, -0.25) is 4.90 Å². The molecule has 1 aromatic carbocycles. The van der Waals surface area contributed by atoms with E-state index in [2.05, 4.69) is 33.3 Å². The van der Waals surface area contributed by atoms with E-state index in [1.165, 1.54) is 82.6 Å². The van der Waals surface area contributed by atoms with Crippen molar-refractivity contribution < 1.29 is 0 Å². The molecule has 24 heavy (non-hydrogen) atoms. The van der Waals surface area contributed by atoms with Crippen molar-refractivity contribution in [1.82, 2.24) is 10.2 Å². The second-order valence-corrected chi connectivity index (χ2v) is 8.05. The predicted molar refractivity (Wildman–Crippen MR) is 105 cm³/mol. The third-order valence-corrected chi connectivity index (χ3v) is 6.46. The summed E-state index contributed by atoms with van der Waals surface area (Å²) in [6.45, 7) is 8.24. The van der Waals surface area contributed by atoms with Crippen molar-refractivity contribution >= 4 is 29.7 Å². The number of hydrogen-bond donors (Lipinski definition) is 1. The van der Waals surface area contributed by atoms with Crippen molar-refractivity contribution in [2.45, 2.75) is 38.6 Å². The number of halogens is 2. The van der Waals surface area contributed by atoms with Crippen LogP contribution in [-0.4, -0.2) is 44.2 Å². The molecular weight excluding hydrogens is 341 g/mol. The predicted octanol–water partition coefficient (Wildman–Crippen LogP) is 3.94. The van der Waals surface area contributed by atoms with Crippen LogP contribution in [-0.2, 0) is 6.54 Å². The van der Waals surface area contributed by atoms with Crippen LogP contribution in [0.4, 0.5) is 5.69 Å². The SMILES string of the molecule is Cl.Clc1cccc(N2CCCC2)c1CN1CCC2(CCNCC2)C1. The van der Waals surface area contributed by atoms with Gasteiger partial charge < -0.3 is 10.2 Å². The Hall–Kier alpha value is -0.480. The van der Waals surface area contributed by atoms with Crippen LogP contribution in [0.3, 0.4) is 0 Å². The van der Waals surface area contributed by atoms with E-state index >= 15 is 0 Å². The van der Waals surface area contributed by atoms with Crippen LogP contribution < -0.4 is 10.2 Å². The molecule has 0 aromatic heterocycles. The molecule has 0 amide bonds. The number of benzene rings is 1. The minimum atomic E-state index is 0. The summed E-state index contributed by atoms with van der Waals surface area (Å²) >= 11 is 6.60. The molecule has 1 spiro atoms. The molecule has 4 rings (SSSR count). The van der Waals surface area contributed by atoms with Gasteiger partial charge in [0.05, 0.1) is 0 Å². The van der Waals surface area contributed by atoms with Crippen molar-refractivity contribution in [2.75, 3.05) is 44.2 Å². The molecule has 3 aliphatic rings. The third kappa shape index (κ3) is 3.70. The molecule has 0 atom stereocenters. The Morgan fingerprint density at radius 1 is 1.04 bits per heavy atom. The molecule has 5 heteroatoms. The van der Waals surface area contributed by atoms with E-state index in [9.17, 15) is 0 Å². The maximum absolute atomic E-state index is 6.60. The van der Waals surface area contributed by atoms with Crippen molar-refractivity contribution in [2.24, 2.45) is 5.41 Å². The molecule has 134 valence electrons. The van der Waals surface area contributed by atoms with Gasteiger partial charge in [0.25, 0.3) is 0 Å². The lowest BCUT2D eigenvalue weighted by Gasteiger charge is -2.34. The van der Waals surface area contributed by atoms with Gasteiger partial charge in [-0.05, 0) is 69.3 Å². The van der Waals surface area contributed by atoms with Crippen molar-refractivity contribution in [1.29, 1.82) is 0 Å². The van der Waals surface area contributed by atoms with Crippen molar-refractivity contribution in [3.8, 4) is 0 Å². The molecule has 1 aromatic rings. The summed E-state index contributed by atoms with van der Waals surface area (Å²) in [6.07, 6.45) is 6.66. The second-order valence-electron chi connectivity index (χ2n) is 7.64. The van der Waals surface area contributed by atoms with E-state index in [-0.39, 0.29) is 12.4 Å². The second kappa shape index (κ2) is 7.82. The Labute approximate surface area is 157 Å². The molecular formula is C19H29Cl2N3. The highest BCUT2D eigenvalue weighted by molar-refractivity contribution is 6.31. The lowest BCUT2D eigenvalue weighted by molar-refractivity contribution is 0.194. The minimum absolute atomic E-state index is 0. The summed E-state index contributed by atoms with van der Waals surface area (Å²) in [4.78, 5) is 5.17. The molecule has 3 aliphatic heterocycles. The van der Waals surface area contributed by atoms with Crippen molar-refractivity contribution in [3.63, 3.8) is 0 Å². The average molecular weight is 370 g/mol. The van der Waals surface area contributed by atoms with Gasteiger partial charge in [-0.2, -0.15) is 0 Å². The number of likely N-dealkylation sites (tertiary alicyclic amines) is 1. The monoisotopic (exact) mass is 369 g/mol. The molecule has 3 saturated heterocycles. The number of nitrogens with one attached hydrogen (secondary N) is 1. The fraction of sp³-hybridized carbons (Fsp3) is 0.684. The van der Waals surface area contributed by atoms with Crippen LogP contribution in [0, 0.1) is 5.41 Å². The maximum Gasteiger partial charge on any atom is 0.0471 e. The number of hydrogen-bond acceptors (Lipinski definition) is 3. The Balaban J connectivity index is 0.00000169. The quantitative estimate of drug-likeness (QED) is 0.870. The van der Waals surface area contributed by atoms with E-state index in [1.807, 2.05) is 0 Å². The van der Waals surface area contributed by atoms with Gasteiger partial charge in [-0.25, -0.2) is 0 Å². The van der Waals surface area contributed by atoms with Crippen LogP contribution in [0.25, 0.3) is 0 Å². The maximum atomic E-state index is 6.60. The molecule has 1 N–H and O–H groups in total. The average Bonchev–Trinajstić information content (AvgIpc) is 3.21. The first-order chi connectivity index (χ1) is 11.3. The zero-order chi connectivity index (χ0) is 15.7. The molecule has 0 radical (unpaired) electrons. The Morgan fingerprint density at radius 2 is 1.79 bits per heavy atom. The van der Waals surface area contributed by atoms with Gasteiger partial charge in [0, 0.05) is 42.5 Å². The molecule has 3 heterocycles. The summed E-state index contributed by atoms with van der Waals surface area (Å²) in [7, 11) is 0. The fourth-order valence-electron chi connectivity index (χ4n) is 4.71. The first kappa shape index (κ1) is 18.3. The summed E-state index contributed by atoms with van der Waals surface area (Å²) in [5.41, 5.74) is 3.30. The zero-order valence-corrected chi connectivity index (χ0v) is 16.0. The lowest BCUT2D eigenvalue weighted by Crippen LogP contribution is -2.38. The smallest absolute Gasteiger partial charge is 0.0471 e. The summed E-state index contributed by atoms with van der Waals surface area (Å²) in [6, 6.07) is 6.44. The van der Waals surface area contributed by atoms with Gasteiger partial charge in [-0.15, -0.1) is 12.4 Å². The van der Waals surface area contributed by atoms with Crippen LogP contribution in [0.1, 0.15) is 37.7 Å². The van der Waals surface area contributed by atoms with Crippen LogP contribution in [0.2, 0.25) is 5.02 Å². The van der Waals surface area contributed by atoms with E-state index in [0.717, 1.165) is 11.6 Å². The zero-order valence-electron chi connectivity index (χ0n) is 14.4. The number of rotatable bonds is 3. The van der Waals surface area contributed by atoms with Gasteiger partial charge in [-0.1, -0.05) is 17.7 Å². The summed E-state index contributed by atoms with van der Waals surface area (Å²) in [5, 5.41) is 4.45. The molecule has 0 unspecified atom stereocenters. The first-order valence-electron chi connectivity index (χ1n) is 9.21. The molecule has 3 fully saturated rings. The standard InChI is InChI=1S/C19H28ClN3.ClH/c20-17-4-3-5-18(23-11-1-2-12-23)16(17)14-22-13-8-19(15-22)6-9-21-10-7-19;/h3-5,21H,1-2,6-15H2;1H. The highest BCUT2D eigenvalue weighted by Crippen LogP contribution is 2.40. The number of piperidine rings is 1. The molecule has 0 aliphatic carbocycles. The summed E-state index contributed by atoms with van der Waals surface area (Å²) in [5.74, 6) is 0. The first-order valence-corrected chi connectivity index (χ1v) is 9.59. The van der Waals surface area contributed by atoms with Gasteiger partial charge in [0.2, 0.25) is 0 Å². The van der Waals surface area contributed by atoms with E-state index in [1.54, 1.807) is 0 Å². The summed E-state index contributed by atoms with van der Waals surface area (Å²) < 4.78 is 0. The van der Waals surface area contributed by atoms with E-state index < -0.39 is 0 Å². The fourth-order valence-corrected chi connectivity index (χ4v) is 4.94. The Kier molecular flexibility index (Phi) is 5.97. The number of anilines is 1. The van der Waals surface area contributed by atoms with Crippen LogP contribution >= 0.6 is 24.0 Å². The minimum Gasteiger partial charge on any atom is -0.371 e. The molecule has 3 nitrogen and oxygen atoms in total.